The molecule has 3 nitrogen and oxygen atoms in total. The SMILES string of the molecule is CCCSc1c(OC)cc(CCN)c(OC)c1Cl. The van der Waals surface area contributed by atoms with Crippen LogP contribution in [0.15, 0.2) is 11.0 Å². The summed E-state index contributed by atoms with van der Waals surface area (Å²) in [6.45, 7) is 2.69. The summed E-state index contributed by atoms with van der Waals surface area (Å²) in [7, 11) is 3.28. The van der Waals surface area contributed by atoms with Crippen LogP contribution in [0.4, 0.5) is 0 Å². The molecular weight excluding hydrogens is 270 g/mol. The molecule has 0 heterocycles. The van der Waals surface area contributed by atoms with Crippen molar-refractivity contribution in [2.45, 2.75) is 24.7 Å². The first-order valence-electron chi connectivity index (χ1n) is 5.95. The van der Waals surface area contributed by atoms with Gasteiger partial charge in [-0.1, -0.05) is 18.5 Å². The number of hydrogen-bond acceptors (Lipinski definition) is 4. The fourth-order valence-corrected chi connectivity index (χ4v) is 3.06. The molecule has 2 N–H and O–H groups in total. The van der Waals surface area contributed by atoms with Gasteiger partial charge in [0.1, 0.15) is 16.5 Å². The summed E-state index contributed by atoms with van der Waals surface area (Å²) in [5, 5.41) is 0.624. The highest BCUT2D eigenvalue weighted by molar-refractivity contribution is 7.99. The number of thioether (sulfide) groups is 1. The van der Waals surface area contributed by atoms with Crippen LogP contribution in [0.5, 0.6) is 11.5 Å². The third-order valence-corrected chi connectivity index (χ3v) is 4.29. The molecule has 0 aliphatic heterocycles. The second-order valence-corrected chi connectivity index (χ2v) is 5.28. The molecule has 0 bridgehead atoms. The zero-order valence-electron chi connectivity index (χ0n) is 11.1. The monoisotopic (exact) mass is 289 g/mol. The van der Waals surface area contributed by atoms with Crippen LogP contribution in [0.2, 0.25) is 5.02 Å². The summed E-state index contributed by atoms with van der Waals surface area (Å²) >= 11 is 8.09. The minimum atomic E-state index is 0.553. The molecule has 0 atom stereocenters. The van der Waals surface area contributed by atoms with E-state index in [4.69, 9.17) is 26.8 Å². The Morgan fingerprint density at radius 3 is 2.56 bits per heavy atom. The van der Waals surface area contributed by atoms with Crippen LogP contribution in [-0.4, -0.2) is 26.5 Å². The molecule has 18 heavy (non-hydrogen) atoms. The molecule has 0 saturated carbocycles. The topological polar surface area (TPSA) is 44.5 Å². The van der Waals surface area contributed by atoms with Crippen LogP contribution in [0.1, 0.15) is 18.9 Å². The number of hydrogen-bond donors (Lipinski definition) is 1. The lowest BCUT2D eigenvalue weighted by Crippen LogP contribution is -2.05. The summed E-state index contributed by atoms with van der Waals surface area (Å²) < 4.78 is 10.8. The molecule has 0 fully saturated rings. The van der Waals surface area contributed by atoms with Gasteiger partial charge in [0.15, 0.2) is 0 Å². The van der Waals surface area contributed by atoms with Gasteiger partial charge in [0.25, 0.3) is 0 Å². The van der Waals surface area contributed by atoms with E-state index >= 15 is 0 Å². The van der Waals surface area contributed by atoms with Crippen molar-refractivity contribution in [2.75, 3.05) is 26.5 Å². The third kappa shape index (κ3) is 3.46. The van der Waals surface area contributed by atoms with E-state index in [1.54, 1.807) is 26.0 Å². The number of nitrogens with two attached hydrogens (primary N) is 1. The highest BCUT2D eigenvalue weighted by atomic mass is 35.5. The number of benzene rings is 1. The maximum Gasteiger partial charge on any atom is 0.142 e. The van der Waals surface area contributed by atoms with E-state index in [2.05, 4.69) is 6.92 Å². The van der Waals surface area contributed by atoms with E-state index in [0.29, 0.717) is 17.3 Å². The first-order chi connectivity index (χ1) is 8.69. The van der Waals surface area contributed by atoms with E-state index in [9.17, 15) is 0 Å². The van der Waals surface area contributed by atoms with Crippen molar-refractivity contribution in [2.24, 2.45) is 5.73 Å². The lowest BCUT2D eigenvalue weighted by atomic mass is 10.1. The van der Waals surface area contributed by atoms with Gasteiger partial charge < -0.3 is 15.2 Å². The van der Waals surface area contributed by atoms with Crippen molar-refractivity contribution in [3.8, 4) is 11.5 Å². The van der Waals surface area contributed by atoms with E-state index < -0.39 is 0 Å². The second kappa shape index (κ2) is 7.77. The first kappa shape index (κ1) is 15.5. The van der Waals surface area contributed by atoms with E-state index in [1.165, 1.54) is 0 Å². The van der Waals surface area contributed by atoms with Crippen LogP contribution in [0.3, 0.4) is 0 Å². The van der Waals surface area contributed by atoms with E-state index in [-0.39, 0.29) is 0 Å². The Labute approximate surface area is 118 Å². The molecule has 0 radical (unpaired) electrons. The number of methoxy groups -OCH3 is 2. The highest BCUT2D eigenvalue weighted by Gasteiger charge is 2.18. The Hall–Kier alpha value is -0.580. The zero-order valence-corrected chi connectivity index (χ0v) is 12.7. The van der Waals surface area contributed by atoms with Crippen LogP contribution in [0, 0.1) is 0 Å². The van der Waals surface area contributed by atoms with E-state index in [0.717, 1.165) is 34.8 Å². The maximum atomic E-state index is 6.40. The first-order valence-corrected chi connectivity index (χ1v) is 7.32. The van der Waals surface area contributed by atoms with Gasteiger partial charge in [0.2, 0.25) is 0 Å². The zero-order chi connectivity index (χ0) is 13.5. The molecule has 0 aliphatic carbocycles. The molecular formula is C13H20ClNO2S. The Balaban J connectivity index is 3.24. The fourth-order valence-electron chi connectivity index (χ4n) is 1.69. The lowest BCUT2D eigenvalue weighted by Gasteiger charge is -2.16. The molecule has 1 aromatic carbocycles. The van der Waals surface area contributed by atoms with Crippen molar-refractivity contribution < 1.29 is 9.47 Å². The summed E-state index contributed by atoms with van der Waals surface area (Å²) in [5.41, 5.74) is 6.59. The molecule has 0 aliphatic rings. The summed E-state index contributed by atoms with van der Waals surface area (Å²) in [6.07, 6.45) is 1.80. The van der Waals surface area contributed by atoms with Crippen molar-refractivity contribution in [3.63, 3.8) is 0 Å². The number of halogens is 1. The summed E-state index contributed by atoms with van der Waals surface area (Å²) in [4.78, 5) is 0.943. The van der Waals surface area contributed by atoms with Crippen molar-refractivity contribution in [3.05, 3.63) is 16.7 Å². The van der Waals surface area contributed by atoms with Crippen LogP contribution in [-0.2, 0) is 6.42 Å². The third-order valence-electron chi connectivity index (χ3n) is 2.51. The maximum absolute atomic E-state index is 6.40. The minimum Gasteiger partial charge on any atom is -0.496 e. The quantitative estimate of drug-likeness (QED) is 0.782. The lowest BCUT2D eigenvalue weighted by molar-refractivity contribution is 0.391. The molecule has 1 rings (SSSR count). The van der Waals surface area contributed by atoms with Gasteiger partial charge in [-0.15, -0.1) is 11.8 Å². The van der Waals surface area contributed by atoms with Crippen molar-refractivity contribution in [1.29, 1.82) is 0 Å². The normalized spacial score (nSPS) is 10.5. The van der Waals surface area contributed by atoms with Gasteiger partial charge in [-0.05, 0) is 31.2 Å². The Morgan fingerprint density at radius 2 is 2.06 bits per heavy atom. The van der Waals surface area contributed by atoms with Crippen molar-refractivity contribution >= 4 is 23.4 Å². The molecule has 1 aromatic rings. The molecule has 0 unspecified atom stereocenters. The van der Waals surface area contributed by atoms with Gasteiger partial charge >= 0.3 is 0 Å². The van der Waals surface area contributed by atoms with Gasteiger partial charge in [-0.2, -0.15) is 0 Å². The fraction of sp³-hybridized carbons (Fsp3) is 0.538. The van der Waals surface area contributed by atoms with Crippen LogP contribution < -0.4 is 15.2 Å². The molecule has 0 aromatic heterocycles. The van der Waals surface area contributed by atoms with E-state index in [1.807, 2.05) is 6.07 Å². The van der Waals surface area contributed by atoms with Gasteiger partial charge in [0.05, 0.1) is 19.1 Å². The highest BCUT2D eigenvalue weighted by Crippen LogP contribution is 2.44. The van der Waals surface area contributed by atoms with Crippen LogP contribution >= 0.6 is 23.4 Å². The van der Waals surface area contributed by atoms with Crippen molar-refractivity contribution in [1.82, 2.24) is 0 Å². The molecule has 102 valence electrons. The Kier molecular flexibility index (Phi) is 6.68. The minimum absolute atomic E-state index is 0.553. The predicted octanol–water partition coefficient (Wildman–Crippen LogP) is 3.36. The predicted molar refractivity (Wildman–Crippen MR) is 78.3 cm³/mol. The van der Waals surface area contributed by atoms with Gasteiger partial charge in [0, 0.05) is 5.56 Å². The number of ether oxygens (including phenoxy) is 2. The molecule has 0 spiro atoms. The van der Waals surface area contributed by atoms with Crippen LogP contribution in [0.25, 0.3) is 0 Å². The Morgan fingerprint density at radius 1 is 1.33 bits per heavy atom. The average Bonchev–Trinajstić information content (AvgIpc) is 2.37. The summed E-state index contributed by atoms with van der Waals surface area (Å²) in [6, 6.07) is 1.97. The van der Waals surface area contributed by atoms with Gasteiger partial charge in [-0.25, -0.2) is 0 Å². The average molecular weight is 290 g/mol. The smallest absolute Gasteiger partial charge is 0.142 e. The second-order valence-electron chi connectivity index (χ2n) is 3.80. The number of rotatable bonds is 7. The Bertz CT molecular complexity index is 399. The standard InChI is InChI=1S/C13H20ClNO2S/c1-4-7-18-13-10(16-2)8-9(5-6-15)12(17-3)11(13)14/h8H,4-7,15H2,1-3H3. The molecule has 0 saturated heterocycles. The van der Waals surface area contributed by atoms with Gasteiger partial charge in [-0.3, -0.25) is 0 Å². The largest absolute Gasteiger partial charge is 0.496 e. The summed E-state index contributed by atoms with van der Waals surface area (Å²) in [5.74, 6) is 2.50. The molecule has 5 heteroatoms. The molecule has 0 amide bonds.